The molecule has 0 atom stereocenters. The Balaban J connectivity index is 1.65. The van der Waals surface area contributed by atoms with Gasteiger partial charge in [0.25, 0.3) is 11.8 Å². The maximum atomic E-state index is 12.4. The fourth-order valence-electron chi connectivity index (χ4n) is 2.68. The molecule has 1 aromatic heterocycles. The summed E-state index contributed by atoms with van der Waals surface area (Å²) >= 11 is 11.7. The minimum absolute atomic E-state index is 0.0663. The lowest BCUT2D eigenvalue weighted by atomic mass is 10.1. The van der Waals surface area contributed by atoms with Crippen LogP contribution in [0.3, 0.4) is 0 Å². The van der Waals surface area contributed by atoms with Crippen LogP contribution in [0.15, 0.2) is 22.6 Å². The van der Waals surface area contributed by atoms with Crippen molar-refractivity contribution in [2.24, 2.45) is 0 Å². The number of ether oxygens (including phenoxy) is 2. The number of imide groups is 1. The number of amides is 2. The molecule has 2 aromatic rings. The topological polar surface area (TPSA) is 103 Å². The summed E-state index contributed by atoms with van der Waals surface area (Å²) in [6.45, 7) is 0.690. The van der Waals surface area contributed by atoms with Gasteiger partial charge in [-0.25, -0.2) is 4.79 Å². The predicted octanol–water partition coefficient (Wildman–Crippen LogP) is 3.02. The standard InChI is InChI=1S/C18H13Cl2NO7/c1-8-10(18(25)26-2)3-9(28-8)7-27-15(22)6-21-16(23)11-4-13(19)14(20)5-12(11)17(21)24/h3-5H,6-7H2,1-2H3. The number of carbonyl (C=O) groups is 4. The third kappa shape index (κ3) is 3.61. The molecule has 0 fully saturated rings. The second-order valence-corrected chi connectivity index (χ2v) is 6.66. The molecule has 1 aromatic carbocycles. The Morgan fingerprint density at radius 3 is 2.18 bits per heavy atom. The van der Waals surface area contributed by atoms with Crippen LogP contribution < -0.4 is 0 Å². The molecule has 0 N–H and O–H groups in total. The molecule has 146 valence electrons. The molecule has 10 heteroatoms. The van der Waals surface area contributed by atoms with Gasteiger partial charge in [-0.3, -0.25) is 19.3 Å². The minimum Gasteiger partial charge on any atom is -0.465 e. The summed E-state index contributed by atoms with van der Waals surface area (Å²) in [6.07, 6.45) is 0. The van der Waals surface area contributed by atoms with E-state index < -0.39 is 30.3 Å². The summed E-state index contributed by atoms with van der Waals surface area (Å²) in [5.41, 5.74) is 0.343. The van der Waals surface area contributed by atoms with Crippen molar-refractivity contribution < 1.29 is 33.1 Å². The van der Waals surface area contributed by atoms with Gasteiger partial charge in [0.05, 0.1) is 28.3 Å². The van der Waals surface area contributed by atoms with Gasteiger partial charge < -0.3 is 13.9 Å². The summed E-state index contributed by atoms with van der Waals surface area (Å²) in [4.78, 5) is 49.1. The lowest BCUT2D eigenvalue weighted by molar-refractivity contribution is -0.145. The number of furan rings is 1. The zero-order valence-corrected chi connectivity index (χ0v) is 16.2. The molecule has 1 aliphatic heterocycles. The van der Waals surface area contributed by atoms with Gasteiger partial charge in [0.1, 0.15) is 30.2 Å². The van der Waals surface area contributed by atoms with E-state index in [1.54, 1.807) is 6.92 Å². The van der Waals surface area contributed by atoms with Crippen LogP contribution in [-0.2, 0) is 20.9 Å². The summed E-state index contributed by atoms with van der Waals surface area (Å²) < 4.78 is 15.0. The molecule has 1 aliphatic rings. The lowest BCUT2D eigenvalue weighted by Gasteiger charge is -2.12. The third-order valence-corrected chi connectivity index (χ3v) is 4.77. The molecular weight excluding hydrogens is 413 g/mol. The van der Waals surface area contributed by atoms with Gasteiger partial charge in [0, 0.05) is 0 Å². The van der Waals surface area contributed by atoms with Crippen LogP contribution in [0.2, 0.25) is 10.0 Å². The monoisotopic (exact) mass is 425 g/mol. The van der Waals surface area contributed by atoms with Crippen molar-refractivity contribution in [1.29, 1.82) is 0 Å². The van der Waals surface area contributed by atoms with E-state index in [0.29, 0.717) is 5.76 Å². The van der Waals surface area contributed by atoms with Crippen molar-refractivity contribution in [1.82, 2.24) is 4.90 Å². The summed E-state index contributed by atoms with van der Waals surface area (Å²) in [5, 5.41) is 0.251. The number of hydrogen-bond donors (Lipinski definition) is 0. The Kier molecular flexibility index (Phi) is 5.44. The Hall–Kier alpha value is -2.84. The van der Waals surface area contributed by atoms with E-state index in [2.05, 4.69) is 4.74 Å². The van der Waals surface area contributed by atoms with Gasteiger partial charge in [-0.05, 0) is 25.1 Å². The van der Waals surface area contributed by atoms with Crippen molar-refractivity contribution in [3.8, 4) is 0 Å². The minimum atomic E-state index is -0.833. The first-order valence-corrected chi connectivity index (χ1v) is 8.67. The first kappa shape index (κ1) is 19.9. The predicted molar refractivity (Wildman–Crippen MR) is 96.4 cm³/mol. The summed E-state index contributed by atoms with van der Waals surface area (Å²) in [6, 6.07) is 3.95. The van der Waals surface area contributed by atoms with Crippen LogP contribution >= 0.6 is 23.2 Å². The van der Waals surface area contributed by atoms with E-state index in [4.69, 9.17) is 32.4 Å². The maximum absolute atomic E-state index is 12.4. The quantitative estimate of drug-likeness (QED) is 0.535. The lowest BCUT2D eigenvalue weighted by Crippen LogP contribution is -2.35. The molecule has 0 aliphatic carbocycles. The zero-order chi connectivity index (χ0) is 20.6. The van der Waals surface area contributed by atoms with Gasteiger partial charge in [-0.1, -0.05) is 23.2 Å². The number of hydrogen-bond acceptors (Lipinski definition) is 7. The molecule has 8 nitrogen and oxygen atoms in total. The van der Waals surface area contributed by atoms with Crippen LogP contribution in [-0.4, -0.2) is 42.3 Å². The smallest absolute Gasteiger partial charge is 0.341 e. The summed E-state index contributed by atoms with van der Waals surface area (Å²) in [7, 11) is 1.23. The number of aryl methyl sites for hydroxylation is 1. The fourth-order valence-corrected chi connectivity index (χ4v) is 3.01. The number of fused-ring (bicyclic) bond motifs is 1. The van der Waals surface area contributed by atoms with Crippen molar-refractivity contribution in [3.63, 3.8) is 0 Å². The van der Waals surface area contributed by atoms with Crippen molar-refractivity contribution in [2.45, 2.75) is 13.5 Å². The SMILES string of the molecule is COC(=O)c1cc(COC(=O)CN2C(=O)c3cc(Cl)c(Cl)cc3C2=O)oc1C. The Morgan fingerprint density at radius 2 is 1.64 bits per heavy atom. The van der Waals surface area contributed by atoms with Crippen molar-refractivity contribution in [3.05, 3.63) is 56.5 Å². The number of nitrogens with zero attached hydrogens (tertiary/aromatic N) is 1. The van der Waals surface area contributed by atoms with Gasteiger partial charge in [0.15, 0.2) is 0 Å². The van der Waals surface area contributed by atoms with E-state index >= 15 is 0 Å². The highest BCUT2D eigenvalue weighted by Gasteiger charge is 2.37. The molecule has 3 rings (SSSR count). The molecule has 2 amide bonds. The van der Waals surface area contributed by atoms with Gasteiger partial charge in [-0.2, -0.15) is 0 Å². The Morgan fingerprint density at radius 1 is 1.07 bits per heavy atom. The molecule has 28 heavy (non-hydrogen) atoms. The van der Waals surface area contributed by atoms with Crippen LogP contribution in [0.1, 0.15) is 42.6 Å². The summed E-state index contributed by atoms with van der Waals surface area (Å²) in [5.74, 6) is -2.23. The van der Waals surface area contributed by atoms with Crippen LogP contribution in [0.25, 0.3) is 0 Å². The largest absolute Gasteiger partial charge is 0.465 e. The van der Waals surface area contributed by atoms with E-state index in [1.807, 2.05) is 0 Å². The van der Waals surface area contributed by atoms with E-state index in [1.165, 1.54) is 25.3 Å². The number of rotatable bonds is 5. The first-order valence-electron chi connectivity index (χ1n) is 7.91. The average molecular weight is 426 g/mol. The molecule has 0 unspecified atom stereocenters. The number of benzene rings is 1. The number of halogens is 2. The number of methoxy groups -OCH3 is 1. The third-order valence-electron chi connectivity index (χ3n) is 4.05. The zero-order valence-electron chi connectivity index (χ0n) is 14.7. The van der Waals surface area contributed by atoms with Crippen molar-refractivity contribution >= 4 is 47.0 Å². The maximum Gasteiger partial charge on any atom is 0.341 e. The second-order valence-electron chi connectivity index (χ2n) is 5.84. The molecule has 0 spiro atoms. The molecule has 0 radical (unpaired) electrons. The fraction of sp³-hybridized carbons (Fsp3) is 0.222. The van der Waals surface area contributed by atoms with Gasteiger partial charge in [-0.15, -0.1) is 0 Å². The average Bonchev–Trinajstić information content (AvgIpc) is 3.14. The highest BCUT2D eigenvalue weighted by Crippen LogP contribution is 2.31. The number of carbonyl (C=O) groups excluding carboxylic acids is 4. The molecular formula is C18H13Cl2NO7. The molecule has 0 saturated heterocycles. The van der Waals surface area contributed by atoms with Crippen LogP contribution in [0.4, 0.5) is 0 Å². The van der Waals surface area contributed by atoms with Crippen molar-refractivity contribution in [2.75, 3.05) is 13.7 Å². The van der Waals surface area contributed by atoms with Gasteiger partial charge in [0.2, 0.25) is 0 Å². The normalized spacial score (nSPS) is 12.9. The molecule has 0 saturated carbocycles. The molecule has 0 bridgehead atoms. The van der Waals surface area contributed by atoms with Crippen LogP contribution in [0.5, 0.6) is 0 Å². The van der Waals surface area contributed by atoms with E-state index in [-0.39, 0.29) is 39.1 Å². The number of esters is 2. The first-order chi connectivity index (χ1) is 13.2. The molecule has 2 heterocycles. The van der Waals surface area contributed by atoms with E-state index in [9.17, 15) is 19.2 Å². The Labute approximate surface area is 168 Å². The van der Waals surface area contributed by atoms with Crippen LogP contribution in [0, 0.1) is 6.92 Å². The van der Waals surface area contributed by atoms with Gasteiger partial charge >= 0.3 is 11.9 Å². The second kappa shape index (κ2) is 7.65. The Bertz CT molecular complexity index is 971. The van der Waals surface area contributed by atoms with E-state index in [0.717, 1.165) is 4.90 Å². The highest BCUT2D eigenvalue weighted by atomic mass is 35.5. The highest BCUT2D eigenvalue weighted by molar-refractivity contribution is 6.43.